The molecule has 2 N–H and O–H groups in total. The van der Waals surface area contributed by atoms with E-state index in [2.05, 4.69) is 17.6 Å². The fraction of sp³-hybridized carbons (Fsp3) is 0.562. The first-order chi connectivity index (χ1) is 9.70. The molecule has 0 radical (unpaired) electrons. The van der Waals surface area contributed by atoms with E-state index in [-0.39, 0.29) is 11.9 Å². The van der Waals surface area contributed by atoms with Crippen molar-refractivity contribution in [2.24, 2.45) is 5.92 Å². The highest BCUT2D eigenvalue weighted by molar-refractivity contribution is 5.94. The summed E-state index contributed by atoms with van der Waals surface area (Å²) in [6.07, 6.45) is 2.26. The van der Waals surface area contributed by atoms with E-state index in [0.29, 0.717) is 18.1 Å². The minimum atomic E-state index is -0.000851. The average Bonchev–Trinajstić information content (AvgIpc) is 2.49. The first kappa shape index (κ1) is 14.9. The van der Waals surface area contributed by atoms with Gasteiger partial charge in [-0.1, -0.05) is 0 Å². The Hall–Kier alpha value is -1.55. The summed E-state index contributed by atoms with van der Waals surface area (Å²) in [5.41, 5.74) is 0.689. The molecule has 0 aliphatic carbocycles. The zero-order valence-corrected chi connectivity index (χ0v) is 12.3. The number of benzene rings is 1. The van der Waals surface area contributed by atoms with E-state index in [0.717, 1.165) is 31.7 Å². The molecule has 0 aromatic heterocycles. The predicted molar refractivity (Wildman–Crippen MR) is 80.1 cm³/mol. The van der Waals surface area contributed by atoms with E-state index in [1.807, 2.05) is 31.2 Å². The number of hydrogen-bond donors (Lipinski definition) is 2. The normalized spacial score (nSPS) is 17.5. The maximum absolute atomic E-state index is 12.2. The van der Waals surface area contributed by atoms with Gasteiger partial charge in [-0.2, -0.15) is 0 Å². The van der Waals surface area contributed by atoms with Gasteiger partial charge in [0.05, 0.1) is 6.61 Å². The van der Waals surface area contributed by atoms with Crippen LogP contribution in [0.25, 0.3) is 0 Å². The highest BCUT2D eigenvalue weighted by Crippen LogP contribution is 2.17. The molecule has 1 atom stereocenters. The Morgan fingerprint density at radius 1 is 1.35 bits per heavy atom. The van der Waals surface area contributed by atoms with E-state index in [9.17, 15) is 4.79 Å². The molecule has 1 amide bonds. The van der Waals surface area contributed by atoms with E-state index < -0.39 is 0 Å². The fourth-order valence-electron chi connectivity index (χ4n) is 2.62. The van der Waals surface area contributed by atoms with E-state index in [1.54, 1.807) is 0 Å². The lowest BCUT2D eigenvalue weighted by atomic mass is 9.91. The summed E-state index contributed by atoms with van der Waals surface area (Å²) in [5, 5.41) is 6.46. The SMILES string of the molecule is CCOc1ccc(C(=O)NC(C)C2CCNCC2)cc1. The van der Waals surface area contributed by atoms with Gasteiger partial charge in [0.15, 0.2) is 0 Å². The minimum absolute atomic E-state index is 0.000851. The quantitative estimate of drug-likeness (QED) is 0.867. The number of piperidine rings is 1. The average molecular weight is 276 g/mol. The summed E-state index contributed by atoms with van der Waals surface area (Å²) in [6.45, 7) is 6.78. The van der Waals surface area contributed by atoms with Crippen molar-refractivity contribution in [1.29, 1.82) is 0 Å². The Morgan fingerprint density at radius 2 is 2.00 bits per heavy atom. The minimum Gasteiger partial charge on any atom is -0.494 e. The van der Waals surface area contributed by atoms with Crippen LogP contribution in [0.4, 0.5) is 0 Å². The zero-order valence-electron chi connectivity index (χ0n) is 12.3. The monoisotopic (exact) mass is 276 g/mol. The molecule has 2 rings (SSSR count). The van der Waals surface area contributed by atoms with Crippen molar-refractivity contribution in [3.8, 4) is 5.75 Å². The molecular weight excluding hydrogens is 252 g/mol. The van der Waals surface area contributed by atoms with Gasteiger partial charge in [-0.25, -0.2) is 0 Å². The summed E-state index contributed by atoms with van der Waals surface area (Å²) in [4.78, 5) is 12.2. The summed E-state index contributed by atoms with van der Waals surface area (Å²) in [6, 6.07) is 7.53. The summed E-state index contributed by atoms with van der Waals surface area (Å²) >= 11 is 0. The summed E-state index contributed by atoms with van der Waals surface area (Å²) in [7, 11) is 0. The Kier molecular flexibility index (Phi) is 5.41. The first-order valence-electron chi connectivity index (χ1n) is 7.45. The topological polar surface area (TPSA) is 50.4 Å². The lowest BCUT2D eigenvalue weighted by Gasteiger charge is -2.28. The molecular formula is C16H24N2O2. The van der Waals surface area contributed by atoms with Crippen LogP contribution < -0.4 is 15.4 Å². The standard InChI is InChI=1S/C16H24N2O2/c1-3-20-15-6-4-14(5-7-15)16(19)18-12(2)13-8-10-17-11-9-13/h4-7,12-13,17H,3,8-11H2,1-2H3,(H,18,19). The first-order valence-corrected chi connectivity index (χ1v) is 7.45. The van der Waals surface area contributed by atoms with Crippen LogP contribution in [0, 0.1) is 5.92 Å². The van der Waals surface area contributed by atoms with Crippen molar-refractivity contribution in [2.75, 3.05) is 19.7 Å². The lowest BCUT2D eigenvalue weighted by Crippen LogP contribution is -2.42. The molecule has 1 saturated heterocycles. The van der Waals surface area contributed by atoms with Crippen LogP contribution >= 0.6 is 0 Å². The largest absolute Gasteiger partial charge is 0.494 e. The van der Waals surface area contributed by atoms with Crippen LogP contribution in [0.2, 0.25) is 0 Å². The van der Waals surface area contributed by atoms with Crippen molar-refractivity contribution in [2.45, 2.75) is 32.7 Å². The van der Waals surface area contributed by atoms with Crippen LogP contribution in [0.5, 0.6) is 5.75 Å². The van der Waals surface area contributed by atoms with Gasteiger partial charge in [-0.05, 0) is 70.0 Å². The molecule has 1 heterocycles. The molecule has 0 saturated carbocycles. The molecule has 20 heavy (non-hydrogen) atoms. The second-order valence-electron chi connectivity index (χ2n) is 5.31. The second-order valence-corrected chi connectivity index (χ2v) is 5.31. The Labute approximate surface area is 120 Å². The molecule has 0 bridgehead atoms. The highest BCUT2D eigenvalue weighted by Gasteiger charge is 2.21. The number of hydrogen-bond acceptors (Lipinski definition) is 3. The number of carbonyl (C=O) groups is 1. The molecule has 110 valence electrons. The van der Waals surface area contributed by atoms with Crippen LogP contribution in [0.1, 0.15) is 37.0 Å². The van der Waals surface area contributed by atoms with Gasteiger partial charge < -0.3 is 15.4 Å². The van der Waals surface area contributed by atoms with Gasteiger partial charge in [0.1, 0.15) is 5.75 Å². The molecule has 1 aliphatic rings. The van der Waals surface area contributed by atoms with Gasteiger partial charge in [0.2, 0.25) is 0 Å². The fourth-order valence-corrected chi connectivity index (χ4v) is 2.62. The number of ether oxygens (including phenoxy) is 1. The van der Waals surface area contributed by atoms with Crippen molar-refractivity contribution in [1.82, 2.24) is 10.6 Å². The summed E-state index contributed by atoms with van der Waals surface area (Å²) in [5.74, 6) is 1.37. The number of amides is 1. The third-order valence-corrected chi connectivity index (χ3v) is 3.88. The molecule has 4 heteroatoms. The smallest absolute Gasteiger partial charge is 0.251 e. The van der Waals surface area contributed by atoms with Crippen molar-refractivity contribution < 1.29 is 9.53 Å². The number of rotatable bonds is 5. The van der Waals surface area contributed by atoms with Crippen LogP contribution in [-0.2, 0) is 0 Å². The van der Waals surface area contributed by atoms with Crippen molar-refractivity contribution in [3.63, 3.8) is 0 Å². The number of nitrogens with one attached hydrogen (secondary N) is 2. The van der Waals surface area contributed by atoms with E-state index >= 15 is 0 Å². The van der Waals surface area contributed by atoms with Crippen LogP contribution in [0.3, 0.4) is 0 Å². The van der Waals surface area contributed by atoms with Crippen molar-refractivity contribution in [3.05, 3.63) is 29.8 Å². The lowest BCUT2D eigenvalue weighted by molar-refractivity contribution is 0.0920. The third-order valence-electron chi connectivity index (χ3n) is 3.88. The molecule has 1 aliphatic heterocycles. The second kappa shape index (κ2) is 7.29. The van der Waals surface area contributed by atoms with Crippen LogP contribution in [0.15, 0.2) is 24.3 Å². The summed E-state index contributed by atoms with van der Waals surface area (Å²) < 4.78 is 5.38. The van der Waals surface area contributed by atoms with Crippen molar-refractivity contribution >= 4 is 5.91 Å². The maximum Gasteiger partial charge on any atom is 0.251 e. The predicted octanol–water partition coefficient (Wildman–Crippen LogP) is 2.20. The Balaban J connectivity index is 1.89. The number of carbonyl (C=O) groups excluding carboxylic acids is 1. The highest BCUT2D eigenvalue weighted by atomic mass is 16.5. The van der Waals surface area contributed by atoms with Gasteiger partial charge in [-0.3, -0.25) is 4.79 Å². The molecule has 1 unspecified atom stereocenters. The molecule has 1 aromatic carbocycles. The molecule has 1 aromatic rings. The van der Waals surface area contributed by atoms with E-state index in [1.165, 1.54) is 0 Å². The van der Waals surface area contributed by atoms with Gasteiger partial charge in [0, 0.05) is 11.6 Å². The van der Waals surface area contributed by atoms with E-state index in [4.69, 9.17) is 4.74 Å². The molecule has 4 nitrogen and oxygen atoms in total. The Morgan fingerprint density at radius 3 is 2.60 bits per heavy atom. The van der Waals surface area contributed by atoms with Gasteiger partial charge in [-0.15, -0.1) is 0 Å². The zero-order chi connectivity index (χ0) is 14.4. The van der Waals surface area contributed by atoms with Crippen LogP contribution in [-0.4, -0.2) is 31.6 Å². The maximum atomic E-state index is 12.2. The van der Waals surface area contributed by atoms with Gasteiger partial charge in [0.25, 0.3) is 5.91 Å². The molecule has 1 fully saturated rings. The van der Waals surface area contributed by atoms with Gasteiger partial charge >= 0.3 is 0 Å². The molecule has 0 spiro atoms. The third kappa shape index (κ3) is 3.97. The Bertz CT molecular complexity index is 425.